The molecule has 2 heterocycles. The van der Waals surface area contributed by atoms with Crippen molar-refractivity contribution in [3.05, 3.63) is 29.8 Å². The molecule has 7 nitrogen and oxygen atoms in total. The second-order valence-corrected chi connectivity index (χ2v) is 7.08. The third kappa shape index (κ3) is 5.65. The van der Waals surface area contributed by atoms with Gasteiger partial charge in [-0.1, -0.05) is 12.1 Å². The maximum absolute atomic E-state index is 12.6. The minimum absolute atomic E-state index is 0.0369. The van der Waals surface area contributed by atoms with E-state index in [-0.39, 0.29) is 5.91 Å². The van der Waals surface area contributed by atoms with E-state index in [1.165, 1.54) is 0 Å². The number of methoxy groups -OCH3 is 1. The monoisotopic (exact) mass is 377 g/mol. The summed E-state index contributed by atoms with van der Waals surface area (Å²) in [5.74, 6) is 0.795. The van der Waals surface area contributed by atoms with E-state index in [9.17, 15) is 4.79 Å². The molecule has 2 aliphatic heterocycles. The molecular weight excluding hydrogens is 346 g/mol. The normalized spacial score (nSPS) is 20.2. The minimum atomic E-state index is -0.711. The first-order valence-electron chi connectivity index (χ1n) is 9.78. The van der Waals surface area contributed by atoms with E-state index >= 15 is 0 Å². The predicted molar refractivity (Wildman–Crippen MR) is 103 cm³/mol. The lowest BCUT2D eigenvalue weighted by Crippen LogP contribution is -2.53. The second-order valence-electron chi connectivity index (χ2n) is 7.08. The standard InChI is InChI=1S/C20H31N3O4/c1-25-20(5-7-21-8-6-20)19(24)22-16-17-3-2-4-18(15-17)27-14-11-23-9-12-26-13-10-23/h2-4,15,21H,5-14,16H2,1H3,(H,22,24). The van der Waals surface area contributed by atoms with Gasteiger partial charge in [0.2, 0.25) is 0 Å². The van der Waals surface area contributed by atoms with Crippen LogP contribution in [0.15, 0.2) is 24.3 Å². The Hall–Kier alpha value is -1.67. The van der Waals surface area contributed by atoms with Gasteiger partial charge in [-0.15, -0.1) is 0 Å². The lowest BCUT2D eigenvalue weighted by molar-refractivity contribution is -0.146. The van der Waals surface area contributed by atoms with Crippen molar-refractivity contribution in [3.63, 3.8) is 0 Å². The van der Waals surface area contributed by atoms with Crippen LogP contribution >= 0.6 is 0 Å². The van der Waals surface area contributed by atoms with Crippen molar-refractivity contribution in [1.29, 1.82) is 0 Å². The van der Waals surface area contributed by atoms with Crippen LogP contribution in [0.3, 0.4) is 0 Å². The lowest BCUT2D eigenvalue weighted by atomic mass is 9.91. The van der Waals surface area contributed by atoms with Gasteiger partial charge in [0.25, 0.3) is 5.91 Å². The van der Waals surface area contributed by atoms with Crippen LogP contribution in [-0.2, 0) is 20.8 Å². The Labute approximate surface area is 161 Å². The third-order valence-electron chi connectivity index (χ3n) is 5.35. The first-order chi connectivity index (χ1) is 13.2. The highest BCUT2D eigenvalue weighted by Crippen LogP contribution is 2.23. The number of carbonyl (C=O) groups excluding carboxylic acids is 1. The molecule has 0 aromatic heterocycles. The molecule has 2 fully saturated rings. The average molecular weight is 377 g/mol. The fourth-order valence-electron chi connectivity index (χ4n) is 3.56. The van der Waals surface area contributed by atoms with E-state index in [0.29, 0.717) is 26.0 Å². The number of morpholine rings is 1. The van der Waals surface area contributed by atoms with E-state index in [4.69, 9.17) is 14.2 Å². The Balaban J connectivity index is 1.46. The van der Waals surface area contributed by atoms with E-state index in [0.717, 1.165) is 57.3 Å². The molecule has 0 aliphatic carbocycles. The summed E-state index contributed by atoms with van der Waals surface area (Å²) in [5, 5.41) is 6.29. The van der Waals surface area contributed by atoms with Gasteiger partial charge in [-0.25, -0.2) is 0 Å². The van der Waals surface area contributed by atoms with Crippen LogP contribution in [-0.4, -0.2) is 76.1 Å². The molecule has 2 saturated heterocycles. The molecule has 7 heteroatoms. The average Bonchev–Trinajstić information content (AvgIpc) is 2.73. The molecule has 0 unspecified atom stereocenters. The molecule has 27 heavy (non-hydrogen) atoms. The Bertz CT molecular complexity index is 599. The topological polar surface area (TPSA) is 72.1 Å². The number of piperidine rings is 1. The van der Waals surface area contributed by atoms with Gasteiger partial charge in [0.05, 0.1) is 13.2 Å². The van der Waals surface area contributed by atoms with E-state index in [1.807, 2.05) is 24.3 Å². The molecule has 1 amide bonds. The number of carbonyl (C=O) groups is 1. The van der Waals surface area contributed by atoms with Crippen LogP contribution in [0, 0.1) is 0 Å². The highest BCUT2D eigenvalue weighted by molar-refractivity contribution is 5.85. The zero-order valence-electron chi connectivity index (χ0n) is 16.2. The van der Waals surface area contributed by atoms with Crippen molar-refractivity contribution in [2.24, 2.45) is 0 Å². The van der Waals surface area contributed by atoms with Crippen LogP contribution < -0.4 is 15.4 Å². The number of rotatable bonds is 8. The molecule has 0 bridgehead atoms. The number of hydrogen-bond donors (Lipinski definition) is 2. The Morgan fingerprint density at radius 1 is 1.30 bits per heavy atom. The summed E-state index contributed by atoms with van der Waals surface area (Å²) in [5.41, 5.74) is 0.310. The number of amides is 1. The molecule has 3 rings (SSSR count). The molecule has 0 spiro atoms. The van der Waals surface area contributed by atoms with Crippen molar-refractivity contribution in [3.8, 4) is 5.75 Å². The van der Waals surface area contributed by atoms with Gasteiger partial charge in [-0.3, -0.25) is 9.69 Å². The smallest absolute Gasteiger partial charge is 0.252 e. The summed E-state index contributed by atoms with van der Waals surface area (Å²) in [4.78, 5) is 15.0. The van der Waals surface area contributed by atoms with Gasteiger partial charge in [0.15, 0.2) is 0 Å². The van der Waals surface area contributed by atoms with E-state index in [2.05, 4.69) is 15.5 Å². The maximum atomic E-state index is 12.6. The summed E-state index contributed by atoms with van der Waals surface area (Å²) in [6.45, 7) is 7.14. The van der Waals surface area contributed by atoms with Gasteiger partial charge in [0, 0.05) is 33.3 Å². The second kappa shape index (κ2) is 10.0. The first kappa shape index (κ1) is 20.1. The fourth-order valence-corrected chi connectivity index (χ4v) is 3.56. The van der Waals surface area contributed by atoms with Gasteiger partial charge in [0.1, 0.15) is 18.0 Å². The summed E-state index contributed by atoms with van der Waals surface area (Å²) >= 11 is 0. The van der Waals surface area contributed by atoms with Crippen LogP contribution in [0.5, 0.6) is 5.75 Å². The molecular formula is C20H31N3O4. The molecule has 2 aliphatic rings. The Kier molecular flexibility index (Phi) is 7.46. The minimum Gasteiger partial charge on any atom is -0.492 e. The van der Waals surface area contributed by atoms with Gasteiger partial charge in [-0.2, -0.15) is 0 Å². The molecule has 1 aromatic carbocycles. The molecule has 0 atom stereocenters. The molecule has 1 aromatic rings. The molecule has 150 valence electrons. The largest absolute Gasteiger partial charge is 0.492 e. The number of hydrogen-bond acceptors (Lipinski definition) is 6. The zero-order valence-corrected chi connectivity index (χ0v) is 16.2. The van der Waals surface area contributed by atoms with Gasteiger partial charge >= 0.3 is 0 Å². The van der Waals surface area contributed by atoms with Crippen LogP contribution in [0.25, 0.3) is 0 Å². The SMILES string of the molecule is COC1(C(=O)NCc2cccc(OCCN3CCOCC3)c2)CCNCC1. The first-order valence-corrected chi connectivity index (χ1v) is 9.78. The van der Waals surface area contributed by atoms with Crippen LogP contribution in [0.1, 0.15) is 18.4 Å². The van der Waals surface area contributed by atoms with Crippen LogP contribution in [0.4, 0.5) is 0 Å². The zero-order chi connectivity index (χ0) is 19.0. The van der Waals surface area contributed by atoms with Crippen molar-refractivity contribution >= 4 is 5.91 Å². The molecule has 0 radical (unpaired) electrons. The summed E-state index contributed by atoms with van der Waals surface area (Å²) < 4.78 is 16.8. The number of nitrogens with zero attached hydrogens (tertiary/aromatic N) is 1. The van der Waals surface area contributed by atoms with Crippen molar-refractivity contribution in [2.45, 2.75) is 25.0 Å². The van der Waals surface area contributed by atoms with Crippen molar-refractivity contribution in [2.75, 3.05) is 59.7 Å². The number of benzene rings is 1. The lowest BCUT2D eigenvalue weighted by Gasteiger charge is -2.34. The highest BCUT2D eigenvalue weighted by atomic mass is 16.5. The number of nitrogens with one attached hydrogen (secondary N) is 2. The summed E-state index contributed by atoms with van der Waals surface area (Å²) in [6.07, 6.45) is 1.39. The molecule has 0 saturated carbocycles. The van der Waals surface area contributed by atoms with Gasteiger partial charge < -0.3 is 24.8 Å². The summed E-state index contributed by atoms with van der Waals surface area (Å²) in [7, 11) is 1.62. The van der Waals surface area contributed by atoms with Crippen LogP contribution in [0.2, 0.25) is 0 Å². The van der Waals surface area contributed by atoms with Crippen molar-refractivity contribution in [1.82, 2.24) is 15.5 Å². The van der Waals surface area contributed by atoms with Crippen molar-refractivity contribution < 1.29 is 19.0 Å². The fraction of sp³-hybridized carbons (Fsp3) is 0.650. The quantitative estimate of drug-likeness (QED) is 0.698. The van der Waals surface area contributed by atoms with E-state index in [1.54, 1.807) is 7.11 Å². The van der Waals surface area contributed by atoms with E-state index < -0.39 is 5.60 Å². The maximum Gasteiger partial charge on any atom is 0.252 e. The summed E-state index contributed by atoms with van der Waals surface area (Å²) in [6, 6.07) is 7.90. The Morgan fingerprint density at radius 2 is 2.07 bits per heavy atom. The number of ether oxygens (including phenoxy) is 3. The highest BCUT2D eigenvalue weighted by Gasteiger charge is 2.39. The third-order valence-corrected chi connectivity index (χ3v) is 5.35. The molecule has 2 N–H and O–H groups in total. The predicted octanol–water partition coefficient (Wildman–Crippen LogP) is 0.782. The van der Waals surface area contributed by atoms with Gasteiger partial charge in [-0.05, 0) is 43.6 Å². The Morgan fingerprint density at radius 3 is 2.81 bits per heavy atom.